The second-order valence-electron chi connectivity index (χ2n) is 7.04. The molecule has 0 unspecified atom stereocenters. The normalized spacial score (nSPS) is 39.9. The molecule has 1 aromatic heterocycles. The monoisotopic (exact) mass is 261 g/mol. The standard InChI is InChI=1S/C14H23N5/c15-3-1-2-13-16-17-18-19(13)14-7-10-4-11(8-14)6-12(5-10)9-14/h10-12H,1-9,15H2. The highest BCUT2D eigenvalue weighted by molar-refractivity contribution is 5.06. The largest absolute Gasteiger partial charge is 0.330 e. The summed E-state index contributed by atoms with van der Waals surface area (Å²) in [6, 6.07) is 0. The highest BCUT2D eigenvalue weighted by Gasteiger charge is 2.53. The molecule has 1 heterocycles. The number of hydrogen-bond donors (Lipinski definition) is 1. The summed E-state index contributed by atoms with van der Waals surface area (Å²) in [5.74, 6) is 3.85. The minimum atomic E-state index is 0.252. The van der Waals surface area contributed by atoms with Crippen LogP contribution in [0.25, 0.3) is 0 Å². The third-order valence-electron chi connectivity index (χ3n) is 5.59. The third-order valence-corrected chi connectivity index (χ3v) is 5.59. The quantitative estimate of drug-likeness (QED) is 0.891. The van der Waals surface area contributed by atoms with Crippen LogP contribution in [0.1, 0.15) is 50.8 Å². The summed E-state index contributed by atoms with van der Waals surface area (Å²) >= 11 is 0. The van der Waals surface area contributed by atoms with Crippen molar-refractivity contribution < 1.29 is 0 Å². The molecule has 1 aromatic rings. The van der Waals surface area contributed by atoms with Gasteiger partial charge in [-0.25, -0.2) is 4.68 Å². The lowest BCUT2D eigenvalue weighted by molar-refractivity contribution is -0.0517. The van der Waals surface area contributed by atoms with Crippen molar-refractivity contribution in [1.29, 1.82) is 0 Å². The molecule has 19 heavy (non-hydrogen) atoms. The summed E-state index contributed by atoms with van der Waals surface area (Å²) < 4.78 is 2.20. The minimum Gasteiger partial charge on any atom is -0.330 e. The molecule has 4 bridgehead atoms. The molecule has 0 atom stereocenters. The highest BCUT2D eigenvalue weighted by atomic mass is 15.6. The van der Waals surface area contributed by atoms with E-state index in [4.69, 9.17) is 5.73 Å². The molecule has 2 N–H and O–H groups in total. The molecule has 5 heteroatoms. The molecule has 4 fully saturated rings. The van der Waals surface area contributed by atoms with Crippen molar-refractivity contribution in [2.75, 3.05) is 6.54 Å². The summed E-state index contributed by atoms with van der Waals surface area (Å²) in [6.07, 6.45) is 10.2. The van der Waals surface area contributed by atoms with E-state index in [2.05, 4.69) is 20.2 Å². The summed E-state index contributed by atoms with van der Waals surface area (Å²) in [7, 11) is 0. The molecule has 0 aromatic carbocycles. The van der Waals surface area contributed by atoms with Gasteiger partial charge in [0.2, 0.25) is 0 Å². The van der Waals surface area contributed by atoms with Gasteiger partial charge in [0.25, 0.3) is 0 Å². The van der Waals surface area contributed by atoms with Crippen molar-refractivity contribution in [1.82, 2.24) is 20.2 Å². The molecule has 4 aliphatic rings. The number of rotatable bonds is 4. The third kappa shape index (κ3) is 1.82. The van der Waals surface area contributed by atoms with E-state index in [0.717, 1.165) is 36.4 Å². The molecule has 4 saturated carbocycles. The van der Waals surface area contributed by atoms with Crippen molar-refractivity contribution in [2.24, 2.45) is 23.5 Å². The van der Waals surface area contributed by atoms with E-state index >= 15 is 0 Å². The Morgan fingerprint density at radius 2 is 1.74 bits per heavy atom. The summed E-state index contributed by atoms with van der Waals surface area (Å²) in [4.78, 5) is 0. The fourth-order valence-corrected chi connectivity index (χ4v) is 5.31. The molecule has 0 spiro atoms. The predicted octanol–water partition coefficient (Wildman–Crippen LogP) is 1.49. The Hall–Kier alpha value is -0.970. The summed E-state index contributed by atoms with van der Waals surface area (Å²) in [5.41, 5.74) is 5.88. The Balaban J connectivity index is 1.66. The van der Waals surface area contributed by atoms with Crippen LogP contribution in [0.4, 0.5) is 0 Å². The van der Waals surface area contributed by atoms with E-state index in [9.17, 15) is 0 Å². The van der Waals surface area contributed by atoms with Crippen molar-refractivity contribution in [3.63, 3.8) is 0 Å². The lowest BCUT2D eigenvalue weighted by atomic mass is 9.53. The van der Waals surface area contributed by atoms with Gasteiger partial charge >= 0.3 is 0 Å². The van der Waals surface area contributed by atoms with Crippen molar-refractivity contribution in [3.05, 3.63) is 5.82 Å². The van der Waals surface area contributed by atoms with Gasteiger partial charge in [-0.2, -0.15) is 0 Å². The predicted molar refractivity (Wildman–Crippen MR) is 71.3 cm³/mol. The average molecular weight is 261 g/mol. The van der Waals surface area contributed by atoms with Crippen LogP contribution in [0.3, 0.4) is 0 Å². The second kappa shape index (κ2) is 4.27. The lowest BCUT2D eigenvalue weighted by Crippen LogP contribution is -2.52. The number of aromatic nitrogens is 4. The first-order chi connectivity index (χ1) is 9.29. The number of nitrogens with zero attached hydrogens (tertiary/aromatic N) is 4. The second-order valence-corrected chi connectivity index (χ2v) is 7.04. The molecule has 0 aliphatic heterocycles. The summed E-state index contributed by atoms with van der Waals surface area (Å²) in [6.45, 7) is 0.716. The first kappa shape index (κ1) is 11.8. The van der Waals surface area contributed by atoms with E-state index in [0.29, 0.717) is 6.54 Å². The number of aryl methyl sites for hydroxylation is 1. The molecule has 0 amide bonds. The fourth-order valence-electron chi connectivity index (χ4n) is 5.31. The molecule has 104 valence electrons. The Kier molecular flexibility index (Phi) is 2.65. The average Bonchev–Trinajstić information content (AvgIpc) is 2.83. The maximum Gasteiger partial charge on any atom is 0.151 e. The van der Waals surface area contributed by atoms with Crippen LogP contribution in [0.15, 0.2) is 0 Å². The molecule has 0 radical (unpaired) electrons. The molecular weight excluding hydrogens is 238 g/mol. The molecule has 4 aliphatic carbocycles. The molecule has 5 nitrogen and oxygen atoms in total. The first-order valence-electron chi connectivity index (χ1n) is 7.77. The molecular formula is C14H23N5. The van der Waals surface area contributed by atoms with Gasteiger partial charge in [0, 0.05) is 6.42 Å². The zero-order valence-corrected chi connectivity index (χ0v) is 11.5. The van der Waals surface area contributed by atoms with Gasteiger partial charge in [-0.05, 0) is 79.7 Å². The SMILES string of the molecule is NCCCc1nnnn1C12CC3CC(CC(C3)C1)C2. The van der Waals surface area contributed by atoms with Crippen LogP contribution < -0.4 is 5.73 Å². The van der Waals surface area contributed by atoms with Crippen LogP contribution in [-0.4, -0.2) is 26.8 Å². The fraction of sp³-hybridized carbons (Fsp3) is 0.929. The van der Waals surface area contributed by atoms with Crippen LogP contribution >= 0.6 is 0 Å². The minimum absolute atomic E-state index is 0.252. The van der Waals surface area contributed by atoms with Crippen LogP contribution in [0.5, 0.6) is 0 Å². The maximum absolute atomic E-state index is 5.62. The van der Waals surface area contributed by atoms with Gasteiger partial charge in [0.05, 0.1) is 5.54 Å². The lowest BCUT2D eigenvalue weighted by Gasteiger charge is -2.56. The van der Waals surface area contributed by atoms with Gasteiger partial charge in [0.15, 0.2) is 5.82 Å². The van der Waals surface area contributed by atoms with E-state index in [1.165, 1.54) is 38.5 Å². The van der Waals surface area contributed by atoms with Crippen LogP contribution in [0.2, 0.25) is 0 Å². The van der Waals surface area contributed by atoms with E-state index in [-0.39, 0.29) is 5.54 Å². The Labute approximate surface area is 113 Å². The van der Waals surface area contributed by atoms with Crippen LogP contribution in [0, 0.1) is 17.8 Å². The maximum atomic E-state index is 5.62. The van der Waals surface area contributed by atoms with Gasteiger partial charge in [-0.3, -0.25) is 0 Å². The number of hydrogen-bond acceptors (Lipinski definition) is 4. The zero-order valence-electron chi connectivity index (χ0n) is 11.5. The van der Waals surface area contributed by atoms with E-state index in [1.54, 1.807) is 0 Å². The van der Waals surface area contributed by atoms with Crippen molar-refractivity contribution in [3.8, 4) is 0 Å². The smallest absolute Gasteiger partial charge is 0.151 e. The van der Waals surface area contributed by atoms with Gasteiger partial charge in [-0.15, -0.1) is 5.10 Å². The Morgan fingerprint density at radius 1 is 1.11 bits per heavy atom. The van der Waals surface area contributed by atoms with Gasteiger partial charge < -0.3 is 5.73 Å². The van der Waals surface area contributed by atoms with Crippen LogP contribution in [-0.2, 0) is 12.0 Å². The van der Waals surface area contributed by atoms with E-state index in [1.807, 2.05) is 0 Å². The Morgan fingerprint density at radius 3 is 2.32 bits per heavy atom. The Bertz CT molecular complexity index is 431. The summed E-state index contributed by atoms with van der Waals surface area (Å²) in [5, 5.41) is 12.6. The molecule has 0 saturated heterocycles. The van der Waals surface area contributed by atoms with Gasteiger partial charge in [-0.1, -0.05) is 0 Å². The van der Waals surface area contributed by atoms with Crippen molar-refractivity contribution >= 4 is 0 Å². The van der Waals surface area contributed by atoms with E-state index < -0.39 is 0 Å². The zero-order chi connectivity index (χ0) is 12.9. The van der Waals surface area contributed by atoms with Crippen molar-refractivity contribution in [2.45, 2.75) is 56.9 Å². The highest BCUT2D eigenvalue weighted by Crippen LogP contribution is 2.58. The van der Waals surface area contributed by atoms with Gasteiger partial charge in [0.1, 0.15) is 0 Å². The number of nitrogens with two attached hydrogens (primary N) is 1. The number of tetrazole rings is 1. The molecule has 5 rings (SSSR count). The topological polar surface area (TPSA) is 69.6 Å². The first-order valence-corrected chi connectivity index (χ1v) is 7.77.